The summed E-state index contributed by atoms with van der Waals surface area (Å²) in [5.41, 5.74) is 3.28. The second kappa shape index (κ2) is 4.21. The van der Waals surface area contributed by atoms with E-state index in [0.29, 0.717) is 6.42 Å². The van der Waals surface area contributed by atoms with Gasteiger partial charge in [0, 0.05) is 6.42 Å². The largest absolute Gasteiger partial charge is 0.207 e. The molecule has 0 heterocycles. The third-order valence-electron chi connectivity index (χ3n) is 2.08. The first-order valence-corrected chi connectivity index (χ1v) is 5.05. The van der Waals surface area contributed by atoms with Crippen molar-refractivity contribution in [3.05, 3.63) is 34.9 Å². The molecular weight excluding hydrogens is 217 g/mol. The Hall–Kier alpha value is -0.710. The summed E-state index contributed by atoms with van der Waals surface area (Å²) in [5.74, 6) is 0. The van der Waals surface area contributed by atoms with Gasteiger partial charge in [-0.3, -0.25) is 0 Å². The standard InChI is InChI=1S/C11H11Cl2N/c1-8-3-4-9(2)10(5-8)6-11(12,13)7-14/h3-5H,6H2,1-2H3. The third kappa shape index (κ3) is 2.90. The Morgan fingerprint density at radius 3 is 2.57 bits per heavy atom. The first-order chi connectivity index (χ1) is 6.44. The molecule has 1 aromatic rings. The number of benzene rings is 1. The number of halogens is 2. The zero-order valence-corrected chi connectivity index (χ0v) is 9.65. The van der Waals surface area contributed by atoms with Crippen LogP contribution in [0.4, 0.5) is 0 Å². The van der Waals surface area contributed by atoms with Gasteiger partial charge in [0.15, 0.2) is 0 Å². The Bertz CT molecular complexity index is 377. The summed E-state index contributed by atoms with van der Waals surface area (Å²) in [5, 5.41) is 8.70. The van der Waals surface area contributed by atoms with Gasteiger partial charge in [0.25, 0.3) is 0 Å². The summed E-state index contributed by atoms with van der Waals surface area (Å²) in [7, 11) is 0. The Kier molecular flexibility index (Phi) is 3.42. The van der Waals surface area contributed by atoms with E-state index in [1.165, 1.54) is 0 Å². The molecular formula is C11H11Cl2N. The summed E-state index contributed by atoms with van der Waals surface area (Å²) in [4.78, 5) is 0. The molecule has 0 unspecified atom stereocenters. The second-order valence-electron chi connectivity index (χ2n) is 3.42. The summed E-state index contributed by atoms with van der Waals surface area (Å²) in [6.07, 6.45) is 0.361. The van der Waals surface area contributed by atoms with E-state index in [1.54, 1.807) is 0 Å². The molecule has 1 rings (SSSR count). The number of aryl methyl sites for hydroxylation is 2. The molecule has 0 aromatic heterocycles. The highest BCUT2D eigenvalue weighted by atomic mass is 35.5. The normalized spacial score (nSPS) is 11.1. The number of nitriles is 1. The molecule has 0 amide bonds. The lowest BCUT2D eigenvalue weighted by Gasteiger charge is -2.12. The van der Waals surface area contributed by atoms with Crippen molar-refractivity contribution in [2.75, 3.05) is 0 Å². The van der Waals surface area contributed by atoms with Gasteiger partial charge in [-0.2, -0.15) is 5.26 Å². The maximum Gasteiger partial charge on any atom is 0.207 e. The highest BCUT2D eigenvalue weighted by molar-refractivity contribution is 6.50. The van der Waals surface area contributed by atoms with Crippen molar-refractivity contribution in [1.29, 1.82) is 5.26 Å². The van der Waals surface area contributed by atoms with Gasteiger partial charge in [-0.25, -0.2) is 0 Å². The minimum Gasteiger partial charge on any atom is -0.195 e. The zero-order valence-electron chi connectivity index (χ0n) is 8.14. The van der Waals surface area contributed by atoms with Crippen molar-refractivity contribution < 1.29 is 0 Å². The summed E-state index contributed by atoms with van der Waals surface area (Å²) >= 11 is 11.6. The molecule has 0 aliphatic carbocycles. The maximum absolute atomic E-state index is 8.70. The fraction of sp³-hybridized carbons (Fsp3) is 0.364. The number of alkyl halides is 2. The van der Waals surface area contributed by atoms with Crippen LogP contribution in [0.2, 0.25) is 0 Å². The molecule has 1 nitrogen and oxygen atoms in total. The second-order valence-corrected chi connectivity index (χ2v) is 4.91. The Balaban J connectivity index is 2.98. The van der Waals surface area contributed by atoms with Crippen molar-refractivity contribution in [1.82, 2.24) is 0 Å². The first kappa shape index (κ1) is 11.4. The van der Waals surface area contributed by atoms with E-state index >= 15 is 0 Å². The van der Waals surface area contributed by atoms with Gasteiger partial charge in [-0.15, -0.1) is 0 Å². The molecule has 0 N–H and O–H groups in total. The Labute approximate surface area is 94.3 Å². The van der Waals surface area contributed by atoms with E-state index in [2.05, 4.69) is 0 Å². The van der Waals surface area contributed by atoms with Gasteiger partial charge < -0.3 is 0 Å². The molecule has 0 atom stereocenters. The van der Waals surface area contributed by atoms with Crippen LogP contribution in [0, 0.1) is 25.2 Å². The Morgan fingerprint density at radius 1 is 1.36 bits per heavy atom. The molecule has 1 aromatic carbocycles. The van der Waals surface area contributed by atoms with Crippen molar-refractivity contribution in [3.63, 3.8) is 0 Å². The molecule has 0 aliphatic heterocycles. The maximum atomic E-state index is 8.70. The van der Waals surface area contributed by atoms with Crippen LogP contribution in [-0.4, -0.2) is 4.33 Å². The first-order valence-electron chi connectivity index (χ1n) is 4.30. The van der Waals surface area contributed by atoms with Gasteiger partial charge in [0.05, 0.1) is 0 Å². The molecule has 0 spiro atoms. The summed E-state index contributed by atoms with van der Waals surface area (Å²) in [6.45, 7) is 3.98. The molecule has 0 saturated carbocycles. The lowest BCUT2D eigenvalue weighted by molar-refractivity contribution is 0.933. The highest BCUT2D eigenvalue weighted by Gasteiger charge is 2.24. The molecule has 14 heavy (non-hydrogen) atoms. The van der Waals surface area contributed by atoms with Gasteiger partial charge in [0.1, 0.15) is 6.07 Å². The van der Waals surface area contributed by atoms with Crippen molar-refractivity contribution in [2.45, 2.75) is 24.6 Å². The van der Waals surface area contributed by atoms with Crippen LogP contribution in [0.5, 0.6) is 0 Å². The lowest BCUT2D eigenvalue weighted by atomic mass is 10.0. The molecule has 3 heteroatoms. The van der Waals surface area contributed by atoms with E-state index in [4.69, 9.17) is 28.5 Å². The monoisotopic (exact) mass is 227 g/mol. The molecule has 0 aliphatic rings. The Morgan fingerprint density at radius 2 is 2.00 bits per heavy atom. The highest BCUT2D eigenvalue weighted by Crippen LogP contribution is 2.26. The summed E-state index contributed by atoms with van der Waals surface area (Å²) in [6, 6.07) is 7.90. The predicted molar refractivity (Wildman–Crippen MR) is 59.7 cm³/mol. The van der Waals surface area contributed by atoms with Crippen LogP contribution < -0.4 is 0 Å². The topological polar surface area (TPSA) is 23.8 Å². The van der Waals surface area contributed by atoms with Gasteiger partial charge in [-0.1, -0.05) is 47.0 Å². The summed E-state index contributed by atoms with van der Waals surface area (Å²) < 4.78 is -1.32. The van der Waals surface area contributed by atoms with Crippen LogP contribution in [-0.2, 0) is 6.42 Å². The smallest absolute Gasteiger partial charge is 0.195 e. The van der Waals surface area contributed by atoms with E-state index in [1.807, 2.05) is 38.1 Å². The zero-order chi connectivity index (χ0) is 10.8. The van der Waals surface area contributed by atoms with Crippen LogP contribution in [0.3, 0.4) is 0 Å². The van der Waals surface area contributed by atoms with Crippen LogP contribution in [0.15, 0.2) is 18.2 Å². The molecule has 74 valence electrons. The van der Waals surface area contributed by atoms with Crippen molar-refractivity contribution in [2.24, 2.45) is 0 Å². The minimum atomic E-state index is -1.32. The molecule has 0 saturated heterocycles. The fourth-order valence-corrected chi connectivity index (χ4v) is 1.56. The quantitative estimate of drug-likeness (QED) is 0.710. The van der Waals surface area contributed by atoms with E-state index in [0.717, 1.165) is 16.7 Å². The van der Waals surface area contributed by atoms with E-state index in [9.17, 15) is 0 Å². The molecule has 0 fully saturated rings. The van der Waals surface area contributed by atoms with Gasteiger partial charge >= 0.3 is 0 Å². The number of rotatable bonds is 2. The van der Waals surface area contributed by atoms with E-state index < -0.39 is 4.33 Å². The third-order valence-corrected chi connectivity index (χ3v) is 2.52. The molecule has 0 bridgehead atoms. The number of nitrogens with zero attached hydrogens (tertiary/aromatic N) is 1. The van der Waals surface area contributed by atoms with Gasteiger partial charge in [-0.05, 0) is 25.0 Å². The lowest BCUT2D eigenvalue weighted by Crippen LogP contribution is -2.14. The predicted octanol–water partition coefficient (Wildman–Crippen LogP) is 3.54. The molecule has 0 radical (unpaired) electrons. The van der Waals surface area contributed by atoms with Crippen LogP contribution in [0.1, 0.15) is 16.7 Å². The van der Waals surface area contributed by atoms with Crippen LogP contribution >= 0.6 is 23.2 Å². The number of hydrogen-bond acceptors (Lipinski definition) is 1. The average molecular weight is 228 g/mol. The van der Waals surface area contributed by atoms with Crippen molar-refractivity contribution >= 4 is 23.2 Å². The fourth-order valence-electron chi connectivity index (χ4n) is 1.27. The van der Waals surface area contributed by atoms with Gasteiger partial charge in [0.2, 0.25) is 4.33 Å². The van der Waals surface area contributed by atoms with Crippen LogP contribution in [0.25, 0.3) is 0 Å². The SMILES string of the molecule is Cc1ccc(C)c(CC(Cl)(Cl)C#N)c1. The number of hydrogen-bond donors (Lipinski definition) is 0. The average Bonchev–Trinajstić information content (AvgIpc) is 2.11. The van der Waals surface area contributed by atoms with Crippen molar-refractivity contribution in [3.8, 4) is 6.07 Å². The van der Waals surface area contributed by atoms with E-state index in [-0.39, 0.29) is 0 Å². The minimum absolute atomic E-state index is 0.361.